The minimum absolute atomic E-state index is 0.0351. The number of halogens is 3. The average Bonchev–Trinajstić information content (AvgIpc) is 2.53. The first-order chi connectivity index (χ1) is 10.7. The maximum Gasteiger partial charge on any atom is 0.416 e. The molecular formula is C15H20F3NO3S. The maximum atomic E-state index is 12.7. The Hall–Kier alpha value is -1.12. The fourth-order valence-electron chi connectivity index (χ4n) is 2.80. The third-order valence-electron chi connectivity index (χ3n) is 4.15. The van der Waals surface area contributed by atoms with E-state index in [2.05, 4.69) is 4.72 Å². The molecule has 2 N–H and O–H groups in total. The third-order valence-corrected chi connectivity index (χ3v) is 5.57. The van der Waals surface area contributed by atoms with E-state index < -0.39 is 32.8 Å². The zero-order valence-corrected chi connectivity index (χ0v) is 13.3. The van der Waals surface area contributed by atoms with Gasteiger partial charge in [-0.15, -0.1) is 0 Å². The summed E-state index contributed by atoms with van der Waals surface area (Å²) in [5, 5.41) is 10.1. The van der Waals surface area contributed by atoms with E-state index in [0.717, 1.165) is 50.3 Å². The number of benzene rings is 1. The molecule has 0 saturated heterocycles. The van der Waals surface area contributed by atoms with Crippen molar-refractivity contribution < 1.29 is 26.7 Å². The molecule has 1 unspecified atom stereocenters. The number of nitrogens with one attached hydrogen (secondary N) is 1. The number of aliphatic hydroxyl groups is 1. The molecule has 8 heteroatoms. The van der Waals surface area contributed by atoms with Crippen LogP contribution in [0.4, 0.5) is 13.2 Å². The van der Waals surface area contributed by atoms with Crippen LogP contribution in [-0.2, 0) is 16.2 Å². The van der Waals surface area contributed by atoms with Gasteiger partial charge in [0.2, 0.25) is 10.0 Å². The van der Waals surface area contributed by atoms with Crippen molar-refractivity contribution in [2.45, 2.75) is 49.3 Å². The molecule has 0 amide bonds. The number of sulfonamides is 1. The summed E-state index contributed by atoms with van der Waals surface area (Å²) in [6.07, 6.45) is -0.633. The summed E-state index contributed by atoms with van der Waals surface area (Å²) in [6.45, 7) is -0.191. The van der Waals surface area contributed by atoms with Gasteiger partial charge in [0.25, 0.3) is 0 Å². The van der Waals surface area contributed by atoms with Crippen LogP contribution in [0.2, 0.25) is 0 Å². The van der Waals surface area contributed by atoms with Gasteiger partial charge in [-0.1, -0.05) is 25.3 Å². The highest BCUT2D eigenvalue weighted by Crippen LogP contribution is 2.30. The number of hydrogen-bond donors (Lipinski definition) is 2. The molecule has 130 valence electrons. The van der Waals surface area contributed by atoms with E-state index >= 15 is 0 Å². The van der Waals surface area contributed by atoms with E-state index in [1.165, 1.54) is 0 Å². The van der Waals surface area contributed by atoms with Crippen LogP contribution in [0, 0.1) is 5.92 Å². The van der Waals surface area contributed by atoms with E-state index in [4.69, 9.17) is 0 Å². The summed E-state index contributed by atoms with van der Waals surface area (Å²) in [6, 6.07) is 3.56. The predicted molar refractivity (Wildman–Crippen MR) is 79.2 cm³/mol. The lowest BCUT2D eigenvalue weighted by Gasteiger charge is -2.26. The predicted octanol–water partition coefficient (Wildman–Crippen LogP) is 2.92. The molecule has 1 saturated carbocycles. The van der Waals surface area contributed by atoms with Gasteiger partial charge < -0.3 is 5.11 Å². The summed E-state index contributed by atoms with van der Waals surface area (Å²) in [5.41, 5.74) is -1.02. The summed E-state index contributed by atoms with van der Waals surface area (Å²) < 4.78 is 64.4. The summed E-state index contributed by atoms with van der Waals surface area (Å²) in [7, 11) is -4.09. The van der Waals surface area contributed by atoms with E-state index in [-0.39, 0.29) is 12.5 Å². The molecule has 4 nitrogen and oxygen atoms in total. The van der Waals surface area contributed by atoms with Crippen LogP contribution in [-0.4, -0.2) is 26.2 Å². The molecule has 0 aliphatic heterocycles. The van der Waals surface area contributed by atoms with Crippen molar-refractivity contribution in [2.75, 3.05) is 6.54 Å². The molecule has 1 aliphatic carbocycles. The third kappa shape index (κ3) is 4.92. The molecule has 1 aliphatic rings. The van der Waals surface area contributed by atoms with Gasteiger partial charge in [0.05, 0.1) is 16.6 Å². The number of hydrogen-bond acceptors (Lipinski definition) is 3. The molecule has 0 heterocycles. The van der Waals surface area contributed by atoms with Gasteiger partial charge in [0.15, 0.2) is 0 Å². The Morgan fingerprint density at radius 2 is 1.87 bits per heavy atom. The van der Waals surface area contributed by atoms with E-state index in [1.807, 2.05) is 0 Å². The summed E-state index contributed by atoms with van der Waals surface area (Å²) in [5.74, 6) is 0.0351. The normalized spacial score (nSPS) is 18.8. The first-order valence-corrected chi connectivity index (χ1v) is 9.03. The quantitative estimate of drug-likeness (QED) is 0.857. The molecule has 0 radical (unpaired) electrons. The lowest BCUT2D eigenvalue weighted by molar-refractivity contribution is -0.137. The van der Waals surface area contributed by atoms with E-state index in [9.17, 15) is 26.7 Å². The van der Waals surface area contributed by atoms with Gasteiger partial charge in [-0.2, -0.15) is 13.2 Å². The smallest absolute Gasteiger partial charge is 0.391 e. The fourth-order valence-corrected chi connectivity index (χ4v) is 3.90. The van der Waals surface area contributed by atoms with Crippen molar-refractivity contribution in [3.8, 4) is 0 Å². The maximum absolute atomic E-state index is 12.7. The molecular weight excluding hydrogens is 331 g/mol. The SMILES string of the molecule is O=S(=O)(NCC(O)C1CCCCC1)c1cccc(C(F)(F)F)c1. The molecule has 1 fully saturated rings. The molecule has 0 aromatic heterocycles. The Labute approximate surface area is 133 Å². The summed E-state index contributed by atoms with van der Waals surface area (Å²) in [4.78, 5) is -0.455. The molecule has 2 rings (SSSR count). The van der Waals surface area contributed by atoms with Crippen LogP contribution >= 0.6 is 0 Å². The van der Waals surface area contributed by atoms with Gasteiger partial charge in [0, 0.05) is 6.54 Å². The topological polar surface area (TPSA) is 66.4 Å². The van der Waals surface area contributed by atoms with Gasteiger partial charge in [0.1, 0.15) is 0 Å². The van der Waals surface area contributed by atoms with Crippen molar-refractivity contribution in [1.29, 1.82) is 0 Å². The molecule has 23 heavy (non-hydrogen) atoms. The Morgan fingerprint density at radius 1 is 1.22 bits per heavy atom. The first kappa shape index (κ1) is 18.2. The number of alkyl halides is 3. The molecule has 1 atom stereocenters. The van der Waals surface area contributed by atoms with Gasteiger partial charge in [-0.25, -0.2) is 13.1 Å². The lowest BCUT2D eigenvalue weighted by Crippen LogP contribution is -2.37. The highest BCUT2D eigenvalue weighted by molar-refractivity contribution is 7.89. The average molecular weight is 351 g/mol. The Morgan fingerprint density at radius 3 is 2.48 bits per heavy atom. The van der Waals surface area contributed by atoms with Crippen LogP contribution in [0.5, 0.6) is 0 Å². The molecule has 0 spiro atoms. The molecule has 0 bridgehead atoms. The zero-order chi connectivity index (χ0) is 17.1. The van der Waals surface area contributed by atoms with Crippen molar-refractivity contribution in [2.24, 2.45) is 5.92 Å². The van der Waals surface area contributed by atoms with Crippen LogP contribution in [0.3, 0.4) is 0 Å². The van der Waals surface area contributed by atoms with Gasteiger partial charge >= 0.3 is 6.18 Å². The van der Waals surface area contributed by atoms with Crippen molar-refractivity contribution in [1.82, 2.24) is 4.72 Å². The van der Waals surface area contributed by atoms with Gasteiger partial charge in [-0.3, -0.25) is 0 Å². The van der Waals surface area contributed by atoms with E-state index in [0.29, 0.717) is 6.07 Å². The molecule has 1 aromatic rings. The second-order valence-electron chi connectivity index (χ2n) is 5.84. The van der Waals surface area contributed by atoms with Crippen LogP contribution in [0.25, 0.3) is 0 Å². The standard InChI is InChI=1S/C15H20F3NO3S/c16-15(17,18)12-7-4-8-13(9-12)23(21,22)19-10-14(20)11-5-2-1-3-6-11/h4,7-9,11,14,19-20H,1-3,5-6,10H2. The second kappa shape index (κ2) is 7.19. The van der Waals surface area contributed by atoms with Crippen LogP contribution < -0.4 is 4.72 Å². The Kier molecular flexibility index (Phi) is 5.70. The minimum atomic E-state index is -4.60. The minimum Gasteiger partial charge on any atom is -0.391 e. The highest BCUT2D eigenvalue weighted by Gasteiger charge is 2.32. The molecule has 1 aromatic carbocycles. The van der Waals surface area contributed by atoms with Crippen molar-refractivity contribution >= 4 is 10.0 Å². The number of rotatable bonds is 5. The largest absolute Gasteiger partial charge is 0.416 e. The van der Waals surface area contributed by atoms with E-state index in [1.54, 1.807) is 0 Å². The summed E-state index contributed by atoms with van der Waals surface area (Å²) >= 11 is 0. The Bertz CT molecular complexity index is 625. The zero-order valence-electron chi connectivity index (χ0n) is 12.5. The van der Waals surface area contributed by atoms with Crippen molar-refractivity contribution in [3.05, 3.63) is 29.8 Å². The first-order valence-electron chi connectivity index (χ1n) is 7.55. The van der Waals surface area contributed by atoms with Crippen molar-refractivity contribution in [3.63, 3.8) is 0 Å². The second-order valence-corrected chi connectivity index (χ2v) is 7.61. The highest BCUT2D eigenvalue weighted by atomic mass is 32.2. The fraction of sp³-hybridized carbons (Fsp3) is 0.600. The van der Waals surface area contributed by atoms with Crippen LogP contribution in [0.15, 0.2) is 29.2 Å². The lowest BCUT2D eigenvalue weighted by atomic mass is 9.85. The number of aliphatic hydroxyl groups excluding tert-OH is 1. The van der Waals surface area contributed by atoms with Crippen LogP contribution in [0.1, 0.15) is 37.7 Å². The monoisotopic (exact) mass is 351 g/mol. The van der Waals surface area contributed by atoms with Gasteiger partial charge in [-0.05, 0) is 37.0 Å². The Balaban J connectivity index is 2.04.